The molecule has 8 nitrogen and oxygen atoms in total. The molecule has 1 atom stereocenters. The fourth-order valence-electron chi connectivity index (χ4n) is 4.07. The van der Waals surface area contributed by atoms with Crippen LogP contribution in [0.25, 0.3) is 0 Å². The Morgan fingerprint density at radius 1 is 1.07 bits per heavy atom. The highest BCUT2D eigenvalue weighted by atomic mass is 16.6. The zero-order valence-corrected chi connectivity index (χ0v) is 17.6. The van der Waals surface area contributed by atoms with Crippen molar-refractivity contribution >= 4 is 12.0 Å². The normalized spacial score (nSPS) is 19.9. The summed E-state index contributed by atoms with van der Waals surface area (Å²) in [7, 11) is 3.29. The van der Waals surface area contributed by atoms with Gasteiger partial charge in [-0.1, -0.05) is 0 Å². The molecule has 2 aliphatic heterocycles. The number of piperazine rings is 1. The van der Waals surface area contributed by atoms with Crippen LogP contribution in [0.15, 0.2) is 18.2 Å². The van der Waals surface area contributed by atoms with Gasteiger partial charge in [0.2, 0.25) is 5.91 Å². The number of likely N-dealkylation sites (tertiary alicyclic amines) is 1. The van der Waals surface area contributed by atoms with Crippen LogP contribution in [0.3, 0.4) is 0 Å². The lowest BCUT2D eigenvalue weighted by atomic mass is 10.0. The maximum Gasteiger partial charge on any atom is 0.409 e. The molecule has 29 heavy (non-hydrogen) atoms. The first-order chi connectivity index (χ1) is 14.1. The topological polar surface area (TPSA) is 71.6 Å². The van der Waals surface area contributed by atoms with E-state index in [0.717, 1.165) is 36.4 Å². The van der Waals surface area contributed by atoms with Crippen LogP contribution in [0.1, 0.15) is 31.4 Å². The number of hydrogen-bond donors (Lipinski definition) is 0. The summed E-state index contributed by atoms with van der Waals surface area (Å²) in [6, 6.07) is 5.72. The number of carbonyl (C=O) groups is 2. The van der Waals surface area contributed by atoms with Crippen molar-refractivity contribution in [2.45, 2.75) is 25.8 Å². The van der Waals surface area contributed by atoms with E-state index in [1.807, 2.05) is 23.1 Å². The highest BCUT2D eigenvalue weighted by Crippen LogP contribution is 2.39. The molecule has 0 saturated carbocycles. The van der Waals surface area contributed by atoms with Crippen molar-refractivity contribution in [3.05, 3.63) is 23.8 Å². The third kappa shape index (κ3) is 4.93. The largest absolute Gasteiger partial charge is 0.497 e. The molecular formula is C21H31N3O5. The molecule has 2 amide bonds. The van der Waals surface area contributed by atoms with Gasteiger partial charge < -0.3 is 24.0 Å². The highest BCUT2D eigenvalue weighted by Gasteiger charge is 2.33. The SMILES string of the molecule is CCOC(=O)N1CCN(CC(=O)N2CCC[C@@H]2c2cc(OC)ccc2OC)CC1. The summed E-state index contributed by atoms with van der Waals surface area (Å²) in [4.78, 5) is 30.7. The third-order valence-corrected chi connectivity index (χ3v) is 5.63. The summed E-state index contributed by atoms with van der Waals surface area (Å²) in [5, 5.41) is 0. The van der Waals surface area contributed by atoms with Gasteiger partial charge in [-0.2, -0.15) is 0 Å². The molecule has 3 rings (SSSR count). The van der Waals surface area contributed by atoms with E-state index in [4.69, 9.17) is 14.2 Å². The Labute approximate surface area is 172 Å². The minimum absolute atomic E-state index is 0.00614. The molecule has 0 unspecified atom stereocenters. The number of rotatable bonds is 6. The van der Waals surface area contributed by atoms with Gasteiger partial charge in [-0.05, 0) is 38.0 Å². The molecule has 0 spiro atoms. The van der Waals surface area contributed by atoms with E-state index in [9.17, 15) is 9.59 Å². The highest BCUT2D eigenvalue weighted by molar-refractivity contribution is 5.79. The van der Waals surface area contributed by atoms with E-state index >= 15 is 0 Å². The van der Waals surface area contributed by atoms with Crippen molar-refractivity contribution < 1.29 is 23.8 Å². The quantitative estimate of drug-likeness (QED) is 0.722. The zero-order chi connectivity index (χ0) is 20.8. The van der Waals surface area contributed by atoms with Crippen LogP contribution in [-0.4, -0.2) is 86.8 Å². The fourth-order valence-corrected chi connectivity index (χ4v) is 4.07. The predicted octanol–water partition coefficient (Wildman–Crippen LogP) is 2.14. The van der Waals surface area contributed by atoms with Crippen LogP contribution >= 0.6 is 0 Å². The van der Waals surface area contributed by atoms with Gasteiger partial charge in [0.1, 0.15) is 11.5 Å². The molecule has 0 aromatic heterocycles. The molecule has 0 aliphatic carbocycles. The van der Waals surface area contributed by atoms with Crippen LogP contribution in [0.4, 0.5) is 4.79 Å². The Morgan fingerprint density at radius 2 is 1.83 bits per heavy atom. The molecule has 2 saturated heterocycles. The van der Waals surface area contributed by atoms with Gasteiger partial charge in [0, 0.05) is 38.3 Å². The fraction of sp³-hybridized carbons (Fsp3) is 0.619. The Hall–Kier alpha value is -2.48. The van der Waals surface area contributed by atoms with E-state index in [2.05, 4.69) is 4.90 Å². The van der Waals surface area contributed by atoms with Gasteiger partial charge in [0.05, 0.1) is 33.4 Å². The number of nitrogens with zero attached hydrogens (tertiary/aromatic N) is 3. The van der Waals surface area contributed by atoms with E-state index in [0.29, 0.717) is 39.3 Å². The molecule has 8 heteroatoms. The van der Waals surface area contributed by atoms with Crippen molar-refractivity contribution in [1.82, 2.24) is 14.7 Å². The molecule has 1 aromatic carbocycles. The van der Waals surface area contributed by atoms with Crippen LogP contribution in [0.5, 0.6) is 11.5 Å². The second-order valence-electron chi connectivity index (χ2n) is 7.32. The zero-order valence-electron chi connectivity index (χ0n) is 17.6. The van der Waals surface area contributed by atoms with Crippen molar-refractivity contribution in [3.8, 4) is 11.5 Å². The average Bonchev–Trinajstić information content (AvgIpc) is 3.24. The monoisotopic (exact) mass is 405 g/mol. The summed E-state index contributed by atoms with van der Waals surface area (Å²) in [5.74, 6) is 1.65. The van der Waals surface area contributed by atoms with E-state index in [-0.39, 0.29) is 18.0 Å². The Kier molecular flexibility index (Phi) is 7.19. The standard InChI is InChI=1S/C21H31N3O5/c1-4-29-21(26)23-12-10-22(11-13-23)15-20(25)24-9-5-6-18(24)17-14-16(27-2)7-8-19(17)28-3/h7-8,14,18H,4-6,9-13,15H2,1-3H3/t18-/m1/s1. The number of ether oxygens (including phenoxy) is 3. The molecule has 1 aromatic rings. The van der Waals surface area contributed by atoms with Crippen molar-refractivity contribution in [2.75, 3.05) is 60.1 Å². The maximum atomic E-state index is 13.1. The van der Waals surface area contributed by atoms with Crippen LogP contribution in [-0.2, 0) is 9.53 Å². The average molecular weight is 405 g/mol. The summed E-state index contributed by atoms with van der Waals surface area (Å²) < 4.78 is 16.0. The number of methoxy groups -OCH3 is 2. The molecule has 160 valence electrons. The van der Waals surface area contributed by atoms with E-state index < -0.39 is 0 Å². The number of benzene rings is 1. The minimum Gasteiger partial charge on any atom is -0.497 e. The first-order valence-electron chi connectivity index (χ1n) is 10.2. The van der Waals surface area contributed by atoms with Crippen LogP contribution in [0.2, 0.25) is 0 Å². The lowest BCUT2D eigenvalue weighted by Gasteiger charge is -2.35. The van der Waals surface area contributed by atoms with E-state index in [1.54, 1.807) is 26.0 Å². The minimum atomic E-state index is -0.275. The third-order valence-electron chi connectivity index (χ3n) is 5.63. The first-order valence-corrected chi connectivity index (χ1v) is 10.2. The molecule has 2 heterocycles. The maximum absolute atomic E-state index is 13.1. The summed E-state index contributed by atoms with van der Waals surface area (Å²) >= 11 is 0. The van der Waals surface area contributed by atoms with Crippen LogP contribution < -0.4 is 9.47 Å². The molecular weight excluding hydrogens is 374 g/mol. The Bertz CT molecular complexity index is 718. The van der Waals surface area contributed by atoms with Crippen molar-refractivity contribution in [1.29, 1.82) is 0 Å². The lowest BCUT2D eigenvalue weighted by molar-refractivity contribution is -0.133. The molecule has 0 bridgehead atoms. The number of amides is 2. The molecule has 2 aliphatic rings. The summed E-state index contributed by atoms with van der Waals surface area (Å²) in [6.45, 7) is 5.79. The predicted molar refractivity (Wildman–Crippen MR) is 108 cm³/mol. The van der Waals surface area contributed by atoms with E-state index in [1.165, 1.54) is 0 Å². The number of carbonyl (C=O) groups excluding carboxylic acids is 2. The smallest absolute Gasteiger partial charge is 0.409 e. The van der Waals surface area contributed by atoms with Gasteiger partial charge in [0.25, 0.3) is 0 Å². The van der Waals surface area contributed by atoms with Gasteiger partial charge in [0.15, 0.2) is 0 Å². The van der Waals surface area contributed by atoms with Gasteiger partial charge in [-0.25, -0.2) is 4.79 Å². The lowest BCUT2D eigenvalue weighted by Crippen LogP contribution is -2.51. The summed E-state index contributed by atoms with van der Waals surface area (Å²) in [5.41, 5.74) is 0.991. The van der Waals surface area contributed by atoms with Gasteiger partial charge in [-0.3, -0.25) is 9.69 Å². The number of hydrogen-bond acceptors (Lipinski definition) is 6. The summed E-state index contributed by atoms with van der Waals surface area (Å²) in [6.07, 6.45) is 1.60. The van der Waals surface area contributed by atoms with Crippen LogP contribution in [0, 0.1) is 0 Å². The Morgan fingerprint density at radius 3 is 2.48 bits per heavy atom. The second-order valence-corrected chi connectivity index (χ2v) is 7.32. The molecule has 0 radical (unpaired) electrons. The van der Waals surface area contributed by atoms with Crippen molar-refractivity contribution in [3.63, 3.8) is 0 Å². The van der Waals surface area contributed by atoms with Crippen molar-refractivity contribution in [2.24, 2.45) is 0 Å². The molecule has 2 fully saturated rings. The molecule has 0 N–H and O–H groups in total. The van der Waals surface area contributed by atoms with Gasteiger partial charge in [-0.15, -0.1) is 0 Å². The second kappa shape index (κ2) is 9.82. The first kappa shape index (κ1) is 21.2. The van der Waals surface area contributed by atoms with Gasteiger partial charge >= 0.3 is 6.09 Å². The Balaban J connectivity index is 1.62.